The Balaban J connectivity index is 2.13. The molecule has 1 N–H and O–H groups in total. The van der Waals surface area contributed by atoms with Gasteiger partial charge in [0.15, 0.2) is 0 Å². The summed E-state index contributed by atoms with van der Waals surface area (Å²) in [6.07, 6.45) is 2.13. The van der Waals surface area contributed by atoms with E-state index in [0.29, 0.717) is 6.42 Å². The van der Waals surface area contributed by atoms with Crippen molar-refractivity contribution < 1.29 is 9.59 Å². The number of hydrogen-bond donors (Lipinski definition) is 1. The standard InChI is InChI=1S/C19H27N5O3/c1-12(10-16-13(2)21-23(6)14(16)3)20-18(26)15-8-7-9-24(19(15)27)11-17(25)22(4)5/h7-9,12H,10-11H2,1-6H3,(H,20,26). The lowest BCUT2D eigenvalue weighted by molar-refractivity contribution is -0.129. The lowest BCUT2D eigenvalue weighted by Crippen LogP contribution is -2.39. The second-order valence-electron chi connectivity index (χ2n) is 6.99. The van der Waals surface area contributed by atoms with E-state index in [1.807, 2.05) is 32.5 Å². The fourth-order valence-electron chi connectivity index (χ4n) is 2.89. The molecule has 0 aliphatic heterocycles. The van der Waals surface area contributed by atoms with Gasteiger partial charge in [0, 0.05) is 39.1 Å². The van der Waals surface area contributed by atoms with Crippen molar-refractivity contribution in [1.29, 1.82) is 0 Å². The first-order chi connectivity index (χ1) is 12.6. The Morgan fingerprint density at radius 2 is 1.96 bits per heavy atom. The van der Waals surface area contributed by atoms with Gasteiger partial charge in [-0.15, -0.1) is 0 Å². The molecule has 0 radical (unpaired) electrons. The molecule has 0 saturated heterocycles. The van der Waals surface area contributed by atoms with Gasteiger partial charge in [-0.2, -0.15) is 5.10 Å². The molecule has 2 aromatic heterocycles. The van der Waals surface area contributed by atoms with Crippen LogP contribution in [0.3, 0.4) is 0 Å². The lowest BCUT2D eigenvalue weighted by atomic mass is 10.0. The topological polar surface area (TPSA) is 89.2 Å². The molecule has 0 fully saturated rings. The molecule has 1 unspecified atom stereocenters. The van der Waals surface area contributed by atoms with Gasteiger partial charge in [-0.3, -0.25) is 19.1 Å². The smallest absolute Gasteiger partial charge is 0.263 e. The first kappa shape index (κ1) is 20.4. The number of nitrogens with zero attached hydrogens (tertiary/aromatic N) is 4. The predicted molar refractivity (Wildman–Crippen MR) is 103 cm³/mol. The largest absolute Gasteiger partial charge is 0.349 e. The summed E-state index contributed by atoms with van der Waals surface area (Å²) in [6.45, 7) is 5.72. The van der Waals surface area contributed by atoms with Crippen LogP contribution in [0.4, 0.5) is 0 Å². The summed E-state index contributed by atoms with van der Waals surface area (Å²) in [5.74, 6) is -0.663. The molecule has 2 rings (SSSR count). The zero-order valence-corrected chi connectivity index (χ0v) is 16.7. The van der Waals surface area contributed by atoms with Gasteiger partial charge in [0.05, 0.1) is 5.69 Å². The molecular weight excluding hydrogens is 346 g/mol. The van der Waals surface area contributed by atoms with Gasteiger partial charge < -0.3 is 14.8 Å². The molecule has 0 aliphatic rings. The number of pyridine rings is 1. The van der Waals surface area contributed by atoms with Crippen LogP contribution in [0.5, 0.6) is 0 Å². The van der Waals surface area contributed by atoms with Crippen molar-refractivity contribution in [3.05, 3.63) is 51.2 Å². The number of aryl methyl sites for hydroxylation is 2. The van der Waals surface area contributed by atoms with E-state index >= 15 is 0 Å². The summed E-state index contributed by atoms with van der Waals surface area (Å²) in [5, 5.41) is 7.25. The monoisotopic (exact) mass is 373 g/mol. The quantitative estimate of drug-likeness (QED) is 0.805. The maximum atomic E-state index is 12.6. The van der Waals surface area contributed by atoms with Crippen molar-refractivity contribution in [2.75, 3.05) is 14.1 Å². The average molecular weight is 373 g/mol. The number of carbonyl (C=O) groups is 2. The molecule has 8 heteroatoms. The fourth-order valence-corrected chi connectivity index (χ4v) is 2.89. The third kappa shape index (κ3) is 4.64. The Hall–Kier alpha value is -2.90. The van der Waals surface area contributed by atoms with Crippen molar-refractivity contribution in [2.24, 2.45) is 7.05 Å². The molecule has 27 heavy (non-hydrogen) atoms. The Bertz CT molecular complexity index is 911. The van der Waals surface area contributed by atoms with Gasteiger partial charge in [0.25, 0.3) is 11.5 Å². The minimum atomic E-state index is -0.480. The summed E-state index contributed by atoms with van der Waals surface area (Å²) in [7, 11) is 5.12. The van der Waals surface area contributed by atoms with E-state index in [0.717, 1.165) is 17.0 Å². The third-order valence-electron chi connectivity index (χ3n) is 4.62. The summed E-state index contributed by atoms with van der Waals surface area (Å²) in [5.41, 5.74) is 2.62. The second-order valence-corrected chi connectivity index (χ2v) is 6.99. The summed E-state index contributed by atoms with van der Waals surface area (Å²) in [4.78, 5) is 38.4. The minimum absolute atomic E-state index is 0.0236. The van der Waals surface area contributed by atoms with Crippen molar-refractivity contribution in [3.8, 4) is 0 Å². The highest BCUT2D eigenvalue weighted by Crippen LogP contribution is 2.14. The minimum Gasteiger partial charge on any atom is -0.349 e. The Morgan fingerprint density at radius 1 is 1.30 bits per heavy atom. The normalized spacial score (nSPS) is 11.9. The Kier molecular flexibility index (Phi) is 6.20. The molecule has 146 valence electrons. The van der Waals surface area contributed by atoms with E-state index < -0.39 is 11.5 Å². The van der Waals surface area contributed by atoms with Crippen LogP contribution in [0.2, 0.25) is 0 Å². The zero-order chi connectivity index (χ0) is 20.3. The molecule has 0 bridgehead atoms. The first-order valence-corrected chi connectivity index (χ1v) is 8.81. The number of nitrogens with one attached hydrogen (secondary N) is 1. The molecule has 0 aliphatic carbocycles. The summed E-state index contributed by atoms with van der Waals surface area (Å²) in [6, 6.07) is 2.90. The number of carbonyl (C=O) groups excluding carboxylic acids is 2. The predicted octanol–water partition coefficient (Wildman–Crippen LogP) is 0.648. The van der Waals surface area contributed by atoms with E-state index in [4.69, 9.17) is 0 Å². The van der Waals surface area contributed by atoms with Crippen LogP contribution in [0.15, 0.2) is 23.1 Å². The number of likely N-dealkylation sites (N-methyl/N-ethyl adjacent to an activating group) is 1. The summed E-state index contributed by atoms with van der Waals surface area (Å²) >= 11 is 0. The van der Waals surface area contributed by atoms with Gasteiger partial charge in [-0.05, 0) is 44.9 Å². The Labute approximate surface area is 158 Å². The van der Waals surface area contributed by atoms with E-state index in [9.17, 15) is 14.4 Å². The van der Waals surface area contributed by atoms with E-state index in [1.54, 1.807) is 20.2 Å². The highest BCUT2D eigenvalue weighted by molar-refractivity contribution is 5.94. The molecule has 0 saturated carbocycles. The molecular formula is C19H27N5O3. The molecule has 0 spiro atoms. The van der Waals surface area contributed by atoms with Crippen LogP contribution in [-0.4, -0.2) is 51.2 Å². The van der Waals surface area contributed by atoms with Gasteiger partial charge in [-0.25, -0.2) is 0 Å². The molecule has 1 atom stereocenters. The average Bonchev–Trinajstić information content (AvgIpc) is 2.82. The number of amides is 2. The van der Waals surface area contributed by atoms with Gasteiger partial charge in [-0.1, -0.05) is 0 Å². The molecule has 2 amide bonds. The maximum absolute atomic E-state index is 12.6. The van der Waals surface area contributed by atoms with Crippen LogP contribution in [0.25, 0.3) is 0 Å². The van der Waals surface area contributed by atoms with E-state index in [2.05, 4.69) is 10.4 Å². The molecule has 0 aromatic carbocycles. The van der Waals surface area contributed by atoms with Crippen LogP contribution >= 0.6 is 0 Å². The Morgan fingerprint density at radius 3 is 2.52 bits per heavy atom. The number of hydrogen-bond acceptors (Lipinski definition) is 4. The van der Waals surface area contributed by atoms with Crippen LogP contribution in [0, 0.1) is 13.8 Å². The first-order valence-electron chi connectivity index (χ1n) is 8.81. The zero-order valence-electron chi connectivity index (χ0n) is 16.7. The lowest BCUT2D eigenvalue weighted by Gasteiger charge is -2.15. The molecule has 8 nitrogen and oxygen atoms in total. The highest BCUT2D eigenvalue weighted by atomic mass is 16.2. The number of aromatic nitrogens is 3. The van der Waals surface area contributed by atoms with Crippen LogP contribution in [-0.2, 0) is 24.8 Å². The van der Waals surface area contributed by atoms with E-state index in [-0.39, 0.29) is 24.1 Å². The summed E-state index contributed by atoms with van der Waals surface area (Å²) < 4.78 is 3.06. The van der Waals surface area contributed by atoms with Crippen LogP contribution < -0.4 is 10.9 Å². The maximum Gasteiger partial charge on any atom is 0.263 e. The molecule has 2 aromatic rings. The fraction of sp³-hybridized carbons (Fsp3) is 0.474. The second kappa shape index (κ2) is 8.20. The van der Waals surface area contributed by atoms with Gasteiger partial charge in [0.1, 0.15) is 12.1 Å². The van der Waals surface area contributed by atoms with Crippen LogP contribution in [0.1, 0.15) is 34.2 Å². The van der Waals surface area contributed by atoms with Crippen molar-refractivity contribution >= 4 is 11.8 Å². The SMILES string of the molecule is Cc1nn(C)c(C)c1CC(C)NC(=O)c1cccn(CC(=O)N(C)C)c1=O. The van der Waals surface area contributed by atoms with Gasteiger partial charge >= 0.3 is 0 Å². The third-order valence-corrected chi connectivity index (χ3v) is 4.62. The highest BCUT2D eigenvalue weighted by Gasteiger charge is 2.18. The van der Waals surface area contributed by atoms with Gasteiger partial charge in [0.2, 0.25) is 5.91 Å². The molecule has 2 heterocycles. The van der Waals surface area contributed by atoms with Crippen molar-refractivity contribution in [3.63, 3.8) is 0 Å². The number of rotatable bonds is 6. The van der Waals surface area contributed by atoms with Crippen molar-refractivity contribution in [2.45, 2.75) is 39.8 Å². The van der Waals surface area contributed by atoms with Crippen molar-refractivity contribution in [1.82, 2.24) is 24.6 Å². The van der Waals surface area contributed by atoms with E-state index in [1.165, 1.54) is 21.7 Å².